The standard InChI is InChI=1S/C23H33N3O/c1-18(2)21-10-6-19(7-11-21)14-15-24-23(27)17-26(5)16-20-8-12-22(13-9-20)25(3)4/h6-13,18H,14-17H2,1-5H3,(H,24,27). The van der Waals surface area contributed by atoms with Gasteiger partial charge in [-0.05, 0) is 48.2 Å². The predicted octanol–water partition coefficient (Wildman–Crippen LogP) is 3.67. The molecule has 0 radical (unpaired) electrons. The van der Waals surface area contributed by atoms with Gasteiger partial charge in [0.1, 0.15) is 0 Å². The van der Waals surface area contributed by atoms with Crippen molar-refractivity contribution >= 4 is 11.6 Å². The number of carbonyl (C=O) groups is 1. The molecule has 2 aromatic rings. The van der Waals surface area contributed by atoms with E-state index >= 15 is 0 Å². The Morgan fingerprint density at radius 3 is 2.07 bits per heavy atom. The number of likely N-dealkylation sites (N-methyl/N-ethyl adjacent to an activating group) is 1. The molecule has 0 bridgehead atoms. The summed E-state index contributed by atoms with van der Waals surface area (Å²) in [7, 11) is 6.04. The first-order chi connectivity index (χ1) is 12.8. The first kappa shape index (κ1) is 21.0. The highest BCUT2D eigenvalue weighted by Crippen LogP contribution is 2.15. The van der Waals surface area contributed by atoms with Crippen LogP contribution in [0.4, 0.5) is 5.69 Å². The molecule has 27 heavy (non-hydrogen) atoms. The van der Waals surface area contributed by atoms with Crippen LogP contribution in [0.3, 0.4) is 0 Å². The van der Waals surface area contributed by atoms with E-state index in [1.165, 1.54) is 22.4 Å². The maximum absolute atomic E-state index is 12.2. The van der Waals surface area contributed by atoms with Crippen LogP contribution in [0.1, 0.15) is 36.5 Å². The van der Waals surface area contributed by atoms with Crippen molar-refractivity contribution in [3.8, 4) is 0 Å². The van der Waals surface area contributed by atoms with Crippen molar-refractivity contribution in [2.24, 2.45) is 0 Å². The van der Waals surface area contributed by atoms with E-state index in [9.17, 15) is 4.79 Å². The van der Waals surface area contributed by atoms with E-state index in [1.54, 1.807) is 0 Å². The van der Waals surface area contributed by atoms with E-state index in [2.05, 4.69) is 72.6 Å². The van der Waals surface area contributed by atoms with Crippen molar-refractivity contribution in [1.82, 2.24) is 10.2 Å². The van der Waals surface area contributed by atoms with Crippen molar-refractivity contribution in [3.05, 3.63) is 65.2 Å². The quantitative estimate of drug-likeness (QED) is 0.735. The van der Waals surface area contributed by atoms with E-state index in [1.807, 2.05) is 26.0 Å². The van der Waals surface area contributed by atoms with E-state index in [0.29, 0.717) is 19.0 Å². The van der Waals surface area contributed by atoms with Crippen molar-refractivity contribution < 1.29 is 4.79 Å². The van der Waals surface area contributed by atoms with Crippen LogP contribution in [-0.4, -0.2) is 45.0 Å². The molecule has 0 aliphatic rings. The average molecular weight is 368 g/mol. The molecule has 4 heteroatoms. The molecular formula is C23H33N3O. The Bertz CT molecular complexity index is 705. The van der Waals surface area contributed by atoms with Crippen molar-refractivity contribution in [3.63, 3.8) is 0 Å². The lowest BCUT2D eigenvalue weighted by Crippen LogP contribution is -2.35. The molecule has 0 fully saturated rings. The number of amides is 1. The minimum absolute atomic E-state index is 0.0706. The van der Waals surface area contributed by atoms with E-state index in [0.717, 1.165) is 13.0 Å². The first-order valence-electron chi connectivity index (χ1n) is 9.65. The Kier molecular flexibility index (Phi) is 7.86. The number of anilines is 1. The third kappa shape index (κ3) is 7.06. The summed E-state index contributed by atoms with van der Waals surface area (Å²) in [6, 6.07) is 17.1. The fourth-order valence-electron chi connectivity index (χ4n) is 2.98. The number of hydrogen-bond acceptors (Lipinski definition) is 3. The number of nitrogens with one attached hydrogen (secondary N) is 1. The summed E-state index contributed by atoms with van der Waals surface area (Å²) in [4.78, 5) is 16.3. The smallest absolute Gasteiger partial charge is 0.234 e. The van der Waals surface area contributed by atoms with Gasteiger partial charge in [-0.2, -0.15) is 0 Å². The summed E-state index contributed by atoms with van der Waals surface area (Å²) in [5, 5.41) is 3.02. The van der Waals surface area contributed by atoms with E-state index in [-0.39, 0.29) is 5.91 Å². The summed E-state index contributed by atoms with van der Waals surface area (Å²) in [5.41, 5.74) is 5.00. The van der Waals surface area contributed by atoms with Gasteiger partial charge in [0.25, 0.3) is 0 Å². The topological polar surface area (TPSA) is 35.6 Å². The minimum atomic E-state index is 0.0706. The van der Waals surface area contributed by atoms with E-state index < -0.39 is 0 Å². The highest BCUT2D eigenvalue weighted by Gasteiger charge is 2.07. The Balaban J connectivity index is 1.71. The van der Waals surface area contributed by atoms with Crippen molar-refractivity contribution in [2.45, 2.75) is 32.7 Å². The van der Waals surface area contributed by atoms with Crippen LogP contribution in [0.25, 0.3) is 0 Å². The Hall–Kier alpha value is -2.33. The predicted molar refractivity (Wildman–Crippen MR) is 114 cm³/mol. The van der Waals surface area contributed by atoms with Gasteiger partial charge in [-0.1, -0.05) is 50.2 Å². The van der Waals surface area contributed by atoms with Crippen molar-refractivity contribution in [1.29, 1.82) is 0 Å². The monoisotopic (exact) mass is 367 g/mol. The molecule has 1 amide bonds. The van der Waals surface area contributed by atoms with Crippen LogP contribution in [0.5, 0.6) is 0 Å². The number of hydrogen-bond donors (Lipinski definition) is 1. The van der Waals surface area contributed by atoms with Crippen LogP contribution in [0.2, 0.25) is 0 Å². The molecule has 1 N–H and O–H groups in total. The number of rotatable bonds is 9. The lowest BCUT2D eigenvalue weighted by Gasteiger charge is -2.18. The van der Waals surface area contributed by atoms with Crippen molar-refractivity contribution in [2.75, 3.05) is 39.1 Å². The van der Waals surface area contributed by atoms with Crippen LogP contribution in [-0.2, 0) is 17.8 Å². The third-order valence-electron chi connectivity index (χ3n) is 4.70. The summed E-state index contributed by atoms with van der Waals surface area (Å²) in [6.07, 6.45) is 0.861. The summed E-state index contributed by atoms with van der Waals surface area (Å²) >= 11 is 0. The second kappa shape index (κ2) is 10.1. The molecule has 0 saturated carbocycles. The van der Waals surface area contributed by atoms with Gasteiger partial charge in [-0.25, -0.2) is 0 Å². The third-order valence-corrected chi connectivity index (χ3v) is 4.70. The zero-order valence-corrected chi connectivity index (χ0v) is 17.3. The number of nitrogens with zero attached hydrogens (tertiary/aromatic N) is 2. The van der Waals surface area contributed by atoms with Gasteiger partial charge in [0.05, 0.1) is 6.54 Å². The molecule has 0 unspecified atom stereocenters. The maximum Gasteiger partial charge on any atom is 0.234 e. The van der Waals surface area contributed by atoms with Gasteiger partial charge in [0.2, 0.25) is 5.91 Å². The summed E-state index contributed by atoms with van der Waals surface area (Å²) in [5.74, 6) is 0.620. The fourth-order valence-corrected chi connectivity index (χ4v) is 2.98. The molecule has 0 heterocycles. The van der Waals surface area contributed by atoms with Crippen LogP contribution in [0.15, 0.2) is 48.5 Å². The highest BCUT2D eigenvalue weighted by molar-refractivity contribution is 5.77. The molecule has 4 nitrogen and oxygen atoms in total. The molecule has 0 aliphatic carbocycles. The zero-order chi connectivity index (χ0) is 19.8. The SMILES string of the molecule is CC(C)c1ccc(CCNC(=O)CN(C)Cc2ccc(N(C)C)cc2)cc1. The van der Waals surface area contributed by atoms with Gasteiger partial charge in [0, 0.05) is 32.9 Å². The zero-order valence-electron chi connectivity index (χ0n) is 17.3. The second-order valence-corrected chi connectivity index (χ2v) is 7.73. The Morgan fingerprint density at radius 1 is 0.926 bits per heavy atom. The van der Waals surface area contributed by atoms with Gasteiger partial charge in [-0.3, -0.25) is 9.69 Å². The largest absolute Gasteiger partial charge is 0.378 e. The van der Waals surface area contributed by atoms with Gasteiger partial charge < -0.3 is 10.2 Å². The molecule has 0 atom stereocenters. The molecular weight excluding hydrogens is 334 g/mol. The molecule has 0 saturated heterocycles. The normalized spacial score (nSPS) is 11.1. The fraction of sp³-hybridized carbons (Fsp3) is 0.435. The summed E-state index contributed by atoms with van der Waals surface area (Å²) < 4.78 is 0. The Labute approximate surface area is 164 Å². The van der Waals surface area contributed by atoms with Crippen LogP contribution < -0.4 is 10.2 Å². The molecule has 0 aliphatic heterocycles. The highest BCUT2D eigenvalue weighted by atomic mass is 16.2. The minimum Gasteiger partial charge on any atom is -0.378 e. The lowest BCUT2D eigenvalue weighted by molar-refractivity contribution is -0.122. The molecule has 0 aromatic heterocycles. The van der Waals surface area contributed by atoms with Gasteiger partial charge in [-0.15, -0.1) is 0 Å². The second-order valence-electron chi connectivity index (χ2n) is 7.73. The number of carbonyl (C=O) groups excluding carboxylic acids is 1. The molecule has 146 valence electrons. The average Bonchev–Trinajstić information content (AvgIpc) is 2.62. The molecule has 2 rings (SSSR count). The van der Waals surface area contributed by atoms with Gasteiger partial charge in [0.15, 0.2) is 0 Å². The van der Waals surface area contributed by atoms with E-state index in [4.69, 9.17) is 0 Å². The number of benzene rings is 2. The molecule has 2 aromatic carbocycles. The van der Waals surface area contributed by atoms with Crippen LogP contribution in [0, 0.1) is 0 Å². The first-order valence-corrected chi connectivity index (χ1v) is 9.65. The Morgan fingerprint density at radius 2 is 1.52 bits per heavy atom. The van der Waals surface area contributed by atoms with Gasteiger partial charge >= 0.3 is 0 Å². The van der Waals surface area contributed by atoms with Crippen LogP contribution >= 0.6 is 0 Å². The molecule has 0 spiro atoms. The lowest BCUT2D eigenvalue weighted by atomic mass is 10.0. The summed E-state index contributed by atoms with van der Waals surface area (Å²) in [6.45, 7) is 6.23. The maximum atomic E-state index is 12.2.